The van der Waals surface area contributed by atoms with Gasteiger partial charge in [0.15, 0.2) is 0 Å². The van der Waals surface area contributed by atoms with Crippen molar-refractivity contribution in [2.75, 3.05) is 10.0 Å². The summed E-state index contributed by atoms with van der Waals surface area (Å²) in [6.45, 7) is 1.90. The molecule has 152 valence electrons. The van der Waals surface area contributed by atoms with Crippen LogP contribution in [0.4, 0.5) is 11.4 Å². The Morgan fingerprint density at radius 3 is 2.04 bits per heavy atom. The van der Waals surface area contributed by atoms with Gasteiger partial charge in [-0.25, -0.2) is 8.42 Å². The fraction of sp³-hybridized carbons (Fsp3) is 0.350. The molecule has 0 spiro atoms. The molecule has 0 radical (unpaired) electrons. The van der Waals surface area contributed by atoms with Gasteiger partial charge in [-0.15, -0.1) is 12.4 Å². The molecular weight excluding hydrogens is 398 g/mol. The van der Waals surface area contributed by atoms with Gasteiger partial charge in [-0.1, -0.05) is 37.0 Å². The second-order valence-electron chi connectivity index (χ2n) is 7.17. The standard InChI is InChI=1S/C20H25N3O3S.ClH/c1-15-5-11-18(12-6-15)27(25,26)23-17-9-7-16(8-10-17)22-19(24)20(21)13-3-2-4-14-20;/h5-12,23H,2-4,13-14,21H2,1H3,(H,22,24);1H. The van der Waals surface area contributed by atoms with E-state index >= 15 is 0 Å². The maximum atomic E-state index is 12.5. The third-order valence-corrected chi connectivity index (χ3v) is 6.32. The SMILES string of the molecule is Cc1ccc(S(=O)(=O)Nc2ccc(NC(=O)C3(N)CCCCC3)cc2)cc1.Cl. The fourth-order valence-electron chi connectivity index (χ4n) is 3.22. The van der Waals surface area contributed by atoms with Gasteiger partial charge in [0, 0.05) is 11.4 Å². The summed E-state index contributed by atoms with van der Waals surface area (Å²) < 4.78 is 27.4. The van der Waals surface area contributed by atoms with Crippen molar-refractivity contribution in [3.8, 4) is 0 Å². The van der Waals surface area contributed by atoms with Crippen LogP contribution in [0, 0.1) is 6.92 Å². The van der Waals surface area contributed by atoms with Crippen LogP contribution in [0.1, 0.15) is 37.7 Å². The second kappa shape index (κ2) is 8.94. The zero-order valence-corrected chi connectivity index (χ0v) is 17.4. The molecule has 0 bridgehead atoms. The molecule has 1 saturated carbocycles. The predicted octanol–water partition coefficient (Wildman–Crippen LogP) is 3.82. The summed E-state index contributed by atoms with van der Waals surface area (Å²) in [5.41, 5.74) is 7.43. The molecular formula is C20H26ClN3O3S. The van der Waals surface area contributed by atoms with E-state index in [1.807, 2.05) is 6.92 Å². The van der Waals surface area contributed by atoms with Crippen molar-refractivity contribution >= 4 is 39.7 Å². The van der Waals surface area contributed by atoms with Crippen molar-refractivity contribution < 1.29 is 13.2 Å². The number of hydrogen-bond acceptors (Lipinski definition) is 4. The number of rotatable bonds is 5. The topological polar surface area (TPSA) is 101 Å². The molecule has 1 fully saturated rings. The van der Waals surface area contributed by atoms with E-state index < -0.39 is 15.6 Å². The number of nitrogens with two attached hydrogens (primary N) is 1. The van der Waals surface area contributed by atoms with Crippen LogP contribution in [-0.4, -0.2) is 19.9 Å². The van der Waals surface area contributed by atoms with E-state index in [4.69, 9.17) is 5.73 Å². The van der Waals surface area contributed by atoms with Gasteiger partial charge in [-0.05, 0) is 56.2 Å². The zero-order chi connectivity index (χ0) is 19.5. The van der Waals surface area contributed by atoms with Crippen molar-refractivity contribution in [1.82, 2.24) is 0 Å². The van der Waals surface area contributed by atoms with Crippen LogP contribution in [0.15, 0.2) is 53.4 Å². The Morgan fingerprint density at radius 1 is 0.929 bits per heavy atom. The monoisotopic (exact) mass is 423 g/mol. The highest BCUT2D eigenvalue weighted by molar-refractivity contribution is 7.92. The number of hydrogen-bond donors (Lipinski definition) is 3. The quantitative estimate of drug-likeness (QED) is 0.680. The van der Waals surface area contributed by atoms with Crippen LogP contribution in [0.25, 0.3) is 0 Å². The highest BCUT2D eigenvalue weighted by Gasteiger charge is 2.35. The highest BCUT2D eigenvalue weighted by atomic mass is 35.5. The van der Waals surface area contributed by atoms with E-state index in [9.17, 15) is 13.2 Å². The van der Waals surface area contributed by atoms with E-state index in [0.29, 0.717) is 24.2 Å². The molecule has 0 atom stereocenters. The maximum Gasteiger partial charge on any atom is 0.261 e. The summed E-state index contributed by atoms with van der Waals surface area (Å²) >= 11 is 0. The Morgan fingerprint density at radius 2 is 1.46 bits per heavy atom. The maximum absolute atomic E-state index is 12.5. The van der Waals surface area contributed by atoms with Gasteiger partial charge in [-0.3, -0.25) is 9.52 Å². The van der Waals surface area contributed by atoms with Gasteiger partial charge in [-0.2, -0.15) is 0 Å². The summed E-state index contributed by atoms with van der Waals surface area (Å²) in [5.74, 6) is -0.185. The number of carbonyl (C=O) groups is 1. The Kier molecular flexibility index (Phi) is 7.09. The number of carbonyl (C=O) groups excluding carboxylic acids is 1. The van der Waals surface area contributed by atoms with Gasteiger partial charge in [0.25, 0.3) is 10.0 Å². The lowest BCUT2D eigenvalue weighted by Crippen LogP contribution is -2.52. The van der Waals surface area contributed by atoms with Gasteiger partial charge in [0.05, 0.1) is 10.4 Å². The van der Waals surface area contributed by atoms with E-state index in [0.717, 1.165) is 24.8 Å². The number of halogens is 1. The van der Waals surface area contributed by atoms with E-state index in [-0.39, 0.29) is 23.2 Å². The Bertz CT molecular complexity index is 907. The summed E-state index contributed by atoms with van der Waals surface area (Å²) in [7, 11) is -3.65. The van der Waals surface area contributed by atoms with Crippen molar-refractivity contribution in [3.05, 3.63) is 54.1 Å². The van der Waals surface area contributed by atoms with Crippen LogP contribution < -0.4 is 15.8 Å². The molecule has 2 aromatic rings. The third kappa shape index (κ3) is 5.25. The van der Waals surface area contributed by atoms with E-state index in [1.54, 1.807) is 48.5 Å². The van der Waals surface area contributed by atoms with Crippen LogP contribution in [0.2, 0.25) is 0 Å². The van der Waals surface area contributed by atoms with Crippen LogP contribution in [0.3, 0.4) is 0 Å². The molecule has 2 aromatic carbocycles. The first-order valence-corrected chi connectivity index (χ1v) is 10.6. The highest BCUT2D eigenvalue weighted by Crippen LogP contribution is 2.27. The van der Waals surface area contributed by atoms with Crippen LogP contribution in [0.5, 0.6) is 0 Å². The first-order valence-electron chi connectivity index (χ1n) is 9.08. The molecule has 6 nitrogen and oxygen atoms in total. The number of aryl methyl sites for hydroxylation is 1. The smallest absolute Gasteiger partial charge is 0.261 e. The molecule has 0 heterocycles. The molecule has 1 amide bonds. The average Bonchev–Trinajstić information content (AvgIpc) is 2.64. The van der Waals surface area contributed by atoms with Gasteiger partial charge in [0.1, 0.15) is 0 Å². The second-order valence-corrected chi connectivity index (χ2v) is 8.85. The molecule has 4 N–H and O–H groups in total. The normalized spacial score (nSPS) is 15.9. The van der Waals surface area contributed by atoms with Crippen molar-refractivity contribution in [1.29, 1.82) is 0 Å². The number of anilines is 2. The fourth-order valence-corrected chi connectivity index (χ4v) is 4.28. The Hall–Kier alpha value is -2.09. The van der Waals surface area contributed by atoms with E-state index in [2.05, 4.69) is 10.0 Å². The minimum atomic E-state index is -3.65. The Balaban J connectivity index is 0.00000280. The lowest BCUT2D eigenvalue weighted by Gasteiger charge is -2.31. The van der Waals surface area contributed by atoms with Crippen molar-refractivity contribution in [3.63, 3.8) is 0 Å². The molecule has 3 rings (SSSR count). The first-order chi connectivity index (χ1) is 12.8. The first kappa shape index (κ1) is 22.2. The zero-order valence-electron chi connectivity index (χ0n) is 15.8. The largest absolute Gasteiger partial charge is 0.324 e. The number of sulfonamides is 1. The number of amides is 1. The molecule has 0 saturated heterocycles. The van der Waals surface area contributed by atoms with Gasteiger partial charge in [0.2, 0.25) is 5.91 Å². The lowest BCUT2D eigenvalue weighted by atomic mass is 9.82. The predicted molar refractivity (Wildman–Crippen MR) is 114 cm³/mol. The summed E-state index contributed by atoms with van der Waals surface area (Å²) in [6, 6.07) is 13.2. The third-order valence-electron chi connectivity index (χ3n) is 4.92. The molecule has 1 aliphatic rings. The van der Waals surface area contributed by atoms with Crippen LogP contribution >= 0.6 is 12.4 Å². The summed E-state index contributed by atoms with van der Waals surface area (Å²) in [4.78, 5) is 12.7. The molecule has 0 aromatic heterocycles. The van der Waals surface area contributed by atoms with Crippen molar-refractivity contribution in [2.45, 2.75) is 49.5 Å². The number of benzene rings is 2. The molecule has 8 heteroatoms. The van der Waals surface area contributed by atoms with Gasteiger partial charge < -0.3 is 11.1 Å². The van der Waals surface area contributed by atoms with Crippen LogP contribution in [-0.2, 0) is 14.8 Å². The minimum absolute atomic E-state index is 0. The summed E-state index contributed by atoms with van der Waals surface area (Å²) in [6.07, 6.45) is 4.41. The minimum Gasteiger partial charge on any atom is -0.324 e. The summed E-state index contributed by atoms with van der Waals surface area (Å²) in [5, 5.41) is 2.84. The molecule has 0 aliphatic heterocycles. The molecule has 1 aliphatic carbocycles. The number of nitrogens with one attached hydrogen (secondary N) is 2. The molecule has 28 heavy (non-hydrogen) atoms. The van der Waals surface area contributed by atoms with Crippen molar-refractivity contribution in [2.24, 2.45) is 5.73 Å². The average molecular weight is 424 g/mol. The lowest BCUT2D eigenvalue weighted by molar-refractivity contribution is -0.122. The molecule has 0 unspecified atom stereocenters. The Labute approximate surface area is 172 Å². The van der Waals surface area contributed by atoms with E-state index in [1.165, 1.54) is 0 Å². The van der Waals surface area contributed by atoms with Gasteiger partial charge >= 0.3 is 0 Å².